The maximum Gasteiger partial charge on any atom is 0.220 e. The van der Waals surface area contributed by atoms with Crippen LogP contribution < -0.4 is 10.1 Å². The van der Waals surface area contributed by atoms with Gasteiger partial charge in [-0.2, -0.15) is 10.4 Å². The van der Waals surface area contributed by atoms with E-state index in [0.29, 0.717) is 30.7 Å². The number of para-hydroxylation sites is 1. The lowest BCUT2D eigenvalue weighted by Crippen LogP contribution is -2.42. The van der Waals surface area contributed by atoms with Gasteiger partial charge in [0.15, 0.2) is 5.65 Å². The molecule has 3 heterocycles. The molecule has 2 aromatic heterocycles. The Morgan fingerprint density at radius 1 is 1.39 bits per heavy atom. The third-order valence-corrected chi connectivity index (χ3v) is 5.18. The number of hydrogen-bond acceptors (Lipinski definition) is 5. The zero-order chi connectivity index (χ0) is 19.7. The van der Waals surface area contributed by atoms with Crippen molar-refractivity contribution >= 4 is 11.6 Å². The summed E-state index contributed by atoms with van der Waals surface area (Å²) in [6.45, 7) is 4.33. The molecule has 0 saturated carbocycles. The van der Waals surface area contributed by atoms with Crippen molar-refractivity contribution in [3.8, 4) is 11.8 Å². The number of aryl methyl sites for hydroxylation is 2. The molecule has 1 aliphatic rings. The van der Waals surface area contributed by atoms with Crippen molar-refractivity contribution in [2.75, 3.05) is 6.61 Å². The van der Waals surface area contributed by atoms with Crippen LogP contribution in [0.4, 0.5) is 0 Å². The number of amides is 1. The molecule has 0 spiro atoms. The highest BCUT2D eigenvalue weighted by Crippen LogP contribution is 2.24. The molecule has 1 aliphatic heterocycles. The summed E-state index contributed by atoms with van der Waals surface area (Å²) in [5.74, 6) is 0.889. The van der Waals surface area contributed by atoms with E-state index in [9.17, 15) is 4.79 Å². The third-order valence-electron chi connectivity index (χ3n) is 5.18. The van der Waals surface area contributed by atoms with Crippen LogP contribution in [-0.2, 0) is 17.6 Å². The number of fused-ring (bicyclic) bond motifs is 2. The first-order valence-electron chi connectivity index (χ1n) is 9.31. The fourth-order valence-electron chi connectivity index (χ4n) is 3.71. The average Bonchev–Trinajstić information content (AvgIpc) is 3.10. The molecular weight excluding hydrogens is 354 g/mol. The van der Waals surface area contributed by atoms with E-state index in [1.807, 2.05) is 38.1 Å². The predicted molar refractivity (Wildman–Crippen MR) is 103 cm³/mol. The number of aromatic nitrogens is 3. The largest absolute Gasteiger partial charge is 0.491 e. The zero-order valence-corrected chi connectivity index (χ0v) is 15.9. The van der Waals surface area contributed by atoms with E-state index in [1.54, 1.807) is 4.52 Å². The smallest absolute Gasteiger partial charge is 0.220 e. The predicted octanol–water partition coefficient (Wildman–Crippen LogP) is 2.27. The van der Waals surface area contributed by atoms with Crippen LogP contribution in [0.1, 0.15) is 34.5 Å². The Balaban J connectivity index is 1.42. The molecule has 28 heavy (non-hydrogen) atoms. The molecule has 0 fully saturated rings. The van der Waals surface area contributed by atoms with Crippen molar-refractivity contribution in [1.29, 1.82) is 5.26 Å². The van der Waals surface area contributed by atoms with Gasteiger partial charge in [0.25, 0.3) is 0 Å². The second-order valence-corrected chi connectivity index (χ2v) is 7.05. The lowest BCUT2D eigenvalue weighted by Gasteiger charge is -2.26. The van der Waals surface area contributed by atoms with Gasteiger partial charge in [-0.1, -0.05) is 18.2 Å². The van der Waals surface area contributed by atoms with Gasteiger partial charge in [0.1, 0.15) is 24.0 Å². The van der Waals surface area contributed by atoms with Gasteiger partial charge in [-0.05, 0) is 43.9 Å². The Morgan fingerprint density at radius 2 is 2.21 bits per heavy atom. The molecule has 142 valence electrons. The van der Waals surface area contributed by atoms with Gasteiger partial charge in [0.2, 0.25) is 5.91 Å². The number of nitrogens with zero attached hydrogens (tertiary/aromatic N) is 4. The summed E-state index contributed by atoms with van der Waals surface area (Å²) in [5, 5.41) is 16.5. The molecule has 1 atom stereocenters. The van der Waals surface area contributed by atoms with Gasteiger partial charge >= 0.3 is 0 Å². The van der Waals surface area contributed by atoms with E-state index < -0.39 is 0 Å². The number of nitriles is 1. The molecule has 4 rings (SSSR count). The molecule has 0 saturated heterocycles. The lowest BCUT2D eigenvalue weighted by atomic mass is 10.0. The maximum atomic E-state index is 12.5. The van der Waals surface area contributed by atoms with Crippen molar-refractivity contribution in [2.24, 2.45) is 0 Å². The van der Waals surface area contributed by atoms with Gasteiger partial charge in [-0.15, -0.1) is 0 Å². The number of carbonyl (C=O) groups excluding carboxylic acids is 1. The molecule has 1 amide bonds. The van der Waals surface area contributed by atoms with Gasteiger partial charge in [-0.25, -0.2) is 9.50 Å². The summed E-state index contributed by atoms with van der Waals surface area (Å²) in [7, 11) is 0. The SMILES string of the molecule is Cc1nc2c(C#N)cnn2c(C)c1CCC(=O)N[C@@H]1COc2ccccc2C1. The number of nitrogens with one attached hydrogen (secondary N) is 1. The second kappa shape index (κ2) is 7.31. The lowest BCUT2D eigenvalue weighted by molar-refractivity contribution is -0.122. The quantitative estimate of drug-likeness (QED) is 0.755. The molecule has 0 radical (unpaired) electrons. The summed E-state index contributed by atoms with van der Waals surface area (Å²) in [6, 6.07) is 10.00. The summed E-state index contributed by atoms with van der Waals surface area (Å²) in [4.78, 5) is 17.0. The topological polar surface area (TPSA) is 92.3 Å². The summed E-state index contributed by atoms with van der Waals surface area (Å²) in [6.07, 6.45) is 3.22. The zero-order valence-electron chi connectivity index (χ0n) is 15.9. The van der Waals surface area contributed by atoms with Gasteiger partial charge in [0, 0.05) is 17.8 Å². The first-order chi connectivity index (χ1) is 13.6. The number of carbonyl (C=O) groups is 1. The highest BCUT2D eigenvalue weighted by molar-refractivity contribution is 5.76. The minimum absolute atomic E-state index is 0.00921. The Kier molecular flexibility index (Phi) is 4.70. The van der Waals surface area contributed by atoms with Crippen LogP contribution in [0.2, 0.25) is 0 Å². The number of rotatable bonds is 4. The van der Waals surface area contributed by atoms with Crippen molar-refractivity contribution in [3.05, 3.63) is 58.5 Å². The van der Waals surface area contributed by atoms with E-state index in [0.717, 1.165) is 34.7 Å². The highest BCUT2D eigenvalue weighted by atomic mass is 16.5. The molecule has 7 heteroatoms. The van der Waals surface area contributed by atoms with E-state index in [2.05, 4.69) is 21.5 Å². The van der Waals surface area contributed by atoms with E-state index >= 15 is 0 Å². The molecule has 0 bridgehead atoms. The number of ether oxygens (including phenoxy) is 1. The monoisotopic (exact) mass is 375 g/mol. The Hall–Kier alpha value is -3.40. The Labute approximate surface area is 163 Å². The Morgan fingerprint density at radius 3 is 3.04 bits per heavy atom. The summed E-state index contributed by atoms with van der Waals surface area (Å²) >= 11 is 0. The van der Waals surface area contributed by atoms with Crippen molar-refractivity contribution < 1.29 is 9.53 Å². The molecule has 1 N–H and O–H groups in total. The van der Waals surface area contributed by atoms with Gasteiger partial charge < -0.3 is 10.1 Å². The summed E-state index contributed by atoms with van der Waals surface area (Å²) in [5.41, 5.74) is 4.85. The van der Waals surface area contributed by atoms with Crippen molar-refractivity contribution in [2.45, 2.75) is 39.2 Å². The molecule has 3 aromatic rings. The van der Waals surface area contributed by atoms with E-state index in [1.165, 1.54) is 6.20 Å². The highest BCUT2D eigenvalue weighted by Gasteiger charge is 2.21. The van der Waals surface area contributed by atoms with Gasteiger partial charge in [-0.3, -0.25) is 4.79 Å². The second-order valence-electron chi connectivity index (χ2n) is 7.05. The van der Waals surface area contributed by atoms with Crippen LogP contribution in [0, 0.1) is 25.2 Å². The Bertz CT molecular complexity index is 1100. The van der Waals surface area contributed by atoms with E-state index in [4.69, 9.17) is 10.00 Å². The fourth-order valence-corrected chi connectivity index (χ4v) is 3.71. The average molecular weight is 375 g/mol. The molecule has 7 nitrogen and oxygen atoms in total. The molecule has 0 unspecified atom stereocenters. The minimum atomic E-state index is -0.0190. The molecular formula is C21H21N5O2. The van der Waals surface area contributed by atoms with Crippen molar-refractivity contribution in [3.63, 3.8) is 0 Å². The number of benzene rings is 1. The van der Waals surface area contributed by atoms with Gasteiger partial charge in [0.05, 0.1) is 12.2 Å². The van der Waals surface area contributed by atoms with Crippen LogP contribution in [-0.4, -0.2) is 33.2 Å². The van der Waals surface area contributed by atoms with Crippen LogP contribution in [0.3, 0.4) is 0 Å². The normalized spacial score (nSPS) is 15.5. The fraction of sp³-hybridized carbons (Fsp3) is 0.333. The first-order valence-corrected chi connectivity index (χ1v) is 9.31. The van der Waals surface area contributed by atoms with Crippen LogP contribution in [0.25, 0.3) is 5.65 Å². The van der Waals surface area contributed by atoms with Crippen LogP contribution in [0.15, 0.2) is 30.5 Å². The van der Waals surface area contributed by atoms with Crippen LogP contribution in [0.5, 0.6) is 5.75 Å². The molecule has 1 aromatic carbocycles. The third kappa shape index (κ3) is 3.29. The molecule has 0 aliphatic carbocycles. The van der Waals surface area contributed by atoms with E-state index in [-0.39, 0.29) is 11.9 Å². The summed E-state index contributed by atoms with van der Waals surface area (Å²) < 4.78 is 7.41. The minimum Gasteiger partial charge on any atom is -0.491 e. The first kappa shape index (κ1) is 18.0. The maximum absolute atomic E-state index is 12.5. The number of hydrogen-bond donors (Lipinski definition) is 1. The van der Waals surface area contributed by atoms with Crippen LogP contribution >= 0.6 is 0 Å². The van der Waals surface area contributed by atoms with Crippen molar-refractivity contribution in [1.82, 2.24) is 19.9 Å². The standard InChI is InChI=1S/C21H21N5O2/c1-13-18(14(2)26-21(24-13)16(10-22)11-23-26)7-8-20(27)25-17-9-15-5-3-4-6-19(15)28-12-17/h3-6,11,17H,7-9,12H2,1-2H3,(H,25,27)/t17-/m0/s1.